The van der Waals surface area contributed by atoms with Crippen LogP contribution in [0.1, 0.15) is 49.1 Å². The number of ether oxygens (including phenoxy) is 1. The van der Waals surface area contributed by atoms with Crippen molar-refractivity contribution in [2.24, 2.45) is 4.99 Å². The molecule has 0 atom stereocenters. The topological polar surface area (TPSA) is 52.3 Å². The Morgan fingerprint density at radius 3 is 2.44 bits per heavy atom. The second-order valence-corrected chi connectivity index (χ2v) is 6.10. The zero-order valence-corrected chi connectivity index (χ0v) is 16.7. The Kier molecular flexibility index (Phi) is 5.69. The van der Waals surface area contributed by atoms with Crippen LogP contribution in [-0.2, 0) is 13.0 Å². The Balaban J connectivity index is 0.00000102. The first-order chi connectivity index (χ1) is 13.2. The lowest BCUT2D eigenvalue weighted by Crippen LogP contribution is -2.08. The molecule has 5 nitrogen and oxygen atoms in total. The van der Waals surface area contributed by atoms with Crippen LogP contribution in [0.15, 0.2) is 47.5 Å². The zero-order chi connectivity index (χ0) is 19.4. The van der Waals surface area contributed by atoms with Crippen molar-refractivity contribution < 1.29 is 4.74 Å². The Morgan fingerprint density at radius 1 is 1.04 bits per heavy atom. The molecule has 5 heteroatoms. The number of rotatable bonds is 3. The van der Waals surface area contributed by atoms with Crippen LogP contribution in [0, 0.1) is 6.92 Å². The van der Waals surface area contributed by atoms with Crippen molar-refractivity contribution in [2.45, 2.75) is 40.7 Å². The number of hydrogen-bond donors (Lipinski definition) is 0. The van der Waals surface area contributed by atoms with Gasteiger partial charge in [0.25, 0.3) is 0 Å². The summed E-state index contributed by atoms with van der Waals surface area (Å²) in [6.45, 7) is 8.63. The fourth-order valence-electron chi connectivity index (χ4n) is 3.23. The van der Waals surface area contributed by atoms with E-state index in [2.05, 4.69) is 52.0 Å². The number of methoxy groups -OCH3 is 1. The minimum atomic E-state index is 0.503. The molecule has 0 aliphatic carbocycles. The average Bonchev–Trinajstić information content (AvgIpc) is 3.01. The summed E-state index contributed by atoms with van der Waals surface area (Å²) in [6.07, 6.45) is 1.03. The first-order valence-electron chi connectivity index (χ1n) is 9.44. The SMILES string of the molecule is CC.CCc1ccc(C2=NCc3nnc(C)n3-c3ccc(OC)cc32)cc1. The summed E-state index contributed by atoms with van der Waals surface area (Å²) in [6, 6.07) is 14.7. The number of benzene rings is 2. The van der Waals surface area contributed by atoms with E-state index in [-0.39, 0.29) is 0 Å². The molecule has 3 aromatic rings. The van der Waals surface area contributed by atoms with Crippen LogP contribution in [0.3, 0.4) is 0 Å². The van der Waals surface area contributed by atoms with Gasteiger partial charge in [-0.05, 0) is 37.1 Å². The van der Waals surface area contributed by atoms with E-state index >= 15 is 0 Å². The monoisotopic (exact) mass is 362 g/mol. The van der Waals surface area contributed by atoms with Gasteiger partial charge in [0, 0.05) is 11.1 Å². The van der Waals surface area contributed by atoms with Crippen LogP contribution in [0.25, 0.3) is 5.69 Å². The molecule has 2 heterocycles. The molecule has 0 saturated heterocycles. The van der Waals surface area contributed by atoms with Crippen LogP contribution in [-0.4, -0.2) is 27.6 Å². The number of nitrogens with zero attached hydrogens (tertiary/aromatic N) is 4. The maximum absolute atomic E-state index is 5.45. The van der Waals surface area contributed by atoms with E-state index in [1.807, 2.05) is 32.9 Å². The molecule has 0 radical (unpaired) electrons. The van der Waals surface area contributed by atoms with Gasteiger partial charge < -0.3 is 4.74 Å². The van der Waals surface area contributed by atoms with E-state index in [0.717, 1.165) is 46.3 Å². The van der Waals surface area contributed by atoms with Crippen molar-refractivity contribution in [3.05, 3.63) is 70.8 Å². The molecule has 0 spiro atoms. The highest BCUT2D eigenvalue weighted by Crippen LogP contribution is 2.29. The van der Waals surface area contributed by atoms with E-state index in [9.17, 15) is 0 Å². The Hall–Kier alpha value is -2.95. The number of aliphatic imine (C=N–C) groups is 1. The molecular formula is C22H26N4O. The Bertz CT molecular complexity index is 955. The summed E-state index contributed by atoms with van der Waals surface area (Å²) in [4.78, 5) is 4.86. The molecule has 0 bridgehead atoms. The smallest absolute Gasteiger partial charge is 0.159 e. The predicted molar refractivity (Wildman–Crippen MR) is 109 cm³/mol. The van der Waals surface area contributed by atoms with Crippen molar-refractivity contribution in [3.63, 3.8) is 0 Å². The van der Waals surface area contributed by atoms with E-state index in [0.29, 0.717) is 6.54 Å². The van der Waals surface area contributed by atoms with Crippen molar-refractivity contribution >= 4 is 5.71 Å². The lowest BCUT2D eigenvalue weighted by atomic mass is 9.98. The van der Waals surface area contributed by atoms with Crippen LogP contribution < -0.4 is 4.74 Å². The summed E-state index contributed by atoms with van der Waals surface area (Å²) in [5.41, 5.74) is 5.45. The molecule has 4 rings (SSSR count). The van der Waals surface area contributed by atoms with Gasteiger partial charge in [-0.3, -0.25) is 9.56 Å². The quantitative estimate of drug-likeness (QED) is 0.688. The zero-order valence-electron chi connectivity index (χ0n) is 16.7. The van der Waals surface area contributed by atoms with Crippen LogP contribution in [0.2, 0.25) is 0 Å². The molecule has 0 fully saturated rings. The molecular weight excluding hydrogens is 336 g/mol. The molecule has 0 unspecified atom stereocenters. The number of aromatic nitrogens is 3. The van der Waals surface area contributed by atoms with E-state index in [1.165, 1.54) is 5.56 Å². The first-order valence-corrected chi connectivity index (χ1v) is 9.44. The second kappa shape index (κ2) is 8.16. The van der Waals surface area contributed by atoms with E-state index < -0.39 is 0 Å². The summed E-state index contributed by atoms with van der Waals surface area (Å²) in [5.74, 6) is 2.52. The largest absolute Gasteiger partial charge is 0.497 e. The molecule has 0 N–H and O–H groups in total. The van der Waals surface area contributed by atoms with Gasteiger partial charge in [-0.1, -0.05) is 45.0 Å². The summed E-state index contributed by atoms with van der Waals surface area (Å²) < 4.78 is 7.52. The van der Waals surface area contributed by atoms with E-state index in [1.54, 1.807) is 7.11 Å². The highest BCUT2D eigenvalue weighted by molar-refractivity contribution is 6.15. The second-order valence-electron chi connectivity index (χ2n) is 6.10. The third-order valence-corrected chi connectivity index (χ3v) is 4.61. The number of hydrogen-bond acceptors (Lipinski definition) is 4. The van der Waals surface area contributed by atoms with Crippen molar-refractivity contribution in [1.29, 1.82) is 0 Å². The maximum atomic E-state index is 5.45. The lowest BCUT2D eigenvalue weighted by Gasteiger charge is -2.14. The third kappa shape index (κ3) is 3.50. The number of aryl methyl sites for hydroxylation is 2. The van der Waals surface area contributed by atoms with Crippen molar-refractivity contribution in [1.82, 2.24) is 14.8 Å². The van der Waals surface area contributed by atoms with Gasteiger partial charge in [-0.2, -0.15) is 0 Å². The summed E-state index contributed by atoms with van der Waals surface area (Å²) in [5, 5.41) is 8.50. The van der Waals surface area contributed by atoms with Gasteiger partial charge >= 0.3 is 0 Å². The van der Waals surface area contributed by atoms with Gasteiger partial charge in [-0.25, -0.2) is 0 Å². The van der Waals surface area contributed by atoms with Crippen LogP contribution in [0.4, 0.5) is 0 Å². The summed E-state index contributed by atoms with van der Waals surface area (Å²) in [7, 11) is 1.68. The fraction of sp³-hybridized carbons (Fsp3) is 0.318. The molecule has 1 aliphatic heterocycles. The Morgan fingerprint density at radius 2 is 1.78 bits per heavy atom. The maximum Gasteiger partial charge on any atom is 0.159 e. The van der Waals surface area contributed by atoms with E-state index in [4.69, 9.17) is 9.73 Å². The molecule has 0 saturated carbocycles. The third-order valence-electron chi connectivity index (χ3n) is 4.61. The molecule has 1 aromatic heterocycles. The highest BCUT2D eigenvalue weighted by atomic mass is 16.5. The van der Waals surface area contributed by atoms with Crippen molar-refractivity contribution in [2.75, 3.05) is 7.11 Å². The lowest BCUT2D eigenvalue weighted by molar-refractivity contribution is 0.414. The summed E-state index contributed by atoms with van der Waals surface area (Å²) >= 11 is 0. The van der Waals surface area contributed by atoms with Crippen LogP contribution >= 0.6 is 0 Å². The first kappa shape index (κ1) is 18.8. The minimum Gasteiger partial charge on any atom is -0.497 e. The fourth-order valence-corrected chi connectivity index (χ4v) is 3.23. The van der Waals surface area contributed by atoms with Gasteiger partial charge in [0.2, 0.25) is 0 Å². The molecule has 27 heavy (non-hydrogen) atoms. The number of fused-ring (bicyclic) bond motifs is 3. The van der Waals surface area contributed by atoms with Gasteiger partial charge in [0.15, 0.2) is 5.82 Å². The minimum absolute atomic E-state index is 0.503. The molecule has 1 aliphatic rings. The molecule has 2 aromatic carbocycles. The standard InChI is InChI=1S/C20H20N4O.C2H6/c1-4-14-5-7-15(8-6-14)20-17-11-16(25-3)9-10-18(17)24-13(2)22-23-19(24)12-21-20;1-2/h5-11H,4,12H2,1-3H3;1-2H3. The molecule has 140 valence electrons. The normalized spacial score (nSPS) is 12.1. The van der Waals surface area contributed by atoms with Crippen molar-refractivity contribution in [3.8, 4) is 11.4 Å². The van der Waals surface area contributed by atoms with Gasteiger partial charge in [0.1, 0.15) is 18.1 Å². The highest BCUT2D eigenvalue weighted by Gasteiger charge is 2.22. The van der Waals surface area contributed by atoms with Crippen LogP contribution in [0.5, 0.6) is 5.75 Å². The predicted octanol–water partition coefficient (Wildman–Crippen LogP) is 4.52. The average molecular weight is 362 g/mol. The van der Waals surface area contributed by atoms with Gasteiger partial charge in [0.05, 0.1) is 18.5 Å². The molecule has 0 amide bonds. The van der Waals surface area contributed by atoms with Gasteiger partial charge in [-0.15, -0.1) is 10.2 Å². The Labute approximate surface area is 160 Å².